The van der Waals surface area contributed by atoms with Crippen LogP contribution in [0.1, 0.15) is 54.9 Å². The summed E-state index contributed by atoms with van der Waals surface area (Å²) in [6.07, 6.45) is 5.27. The summed E-state index contributed by atoms with van der Waals surface area (Å²) in [5.41, 5.74) is 2.05. The highest BCUT2D eigenvalue weighted by Crippen LogP contribution is 2.28. The maximum atomic E-state index is 12.5. The predicted octanol–water partition coefficient (Wildman–Crippen LogP) is 2.72. The highest BCUT2D eigenvalue weighted by atomic mass is 16.5. The van der Waals surface area contributed by atoms with Crippen molar-refractivity contribution in [1.82, 2.24) is 4.90 Å². The molecule has 6 heteroatoms. The predicted molar refractivity (Wildman–Crippen MR) is 93.0 cm³/mol. The van der Waals surface area contributed by atoms with Crippen molar-refractivity contribution < 1.29 is 19.1 Å². The lowest BCUT2D eigenvalue weighted by Crippen LogP contribution is -2.31. The molecule has 0 saturated heterocycles. The fourth-order valence-electron chi connectivity index (χ4n) is 3.54. The second-order valence-corrected chi connectivity index (χ2v) is 6.66. The Labute approximate surface area is 147 Å². The van der Waals surface area contributed by atoms with Crippen LogP contribution in [-0.2, 0) is 20.9 Å². The highest BCUT2D eigenvalue weighted by molar-refractivity contribution is 6.02. The van der Waals surface area contributed by atoms with Gasteiger partial charge in [0, 0.05) is 23.7 Å². The van der Waals surface area contributed by atoms with E-state index < -0.39 is 5.97 Å². The molecular weight excluding hydrogens is 320 g/mol. The molecule has 3 rings (SSSR count). The molecule has 1 heterocycles. The summed E-state index contributed by atoms with van der Waals surface area (Å²) in [6.45, 7) is 2.37. The number of anilines is 1. The maximum absolute atomic E-state index is 12.5. The van der Waals surface area contributed by atoms with E-state index in [0.29, 0.717) is 24.4 Å². The molecule has 134 valence electrons. The zero-order chi connectivity index (χ0) is 17.8. The molecule has 2 amide bonds. The highest BCUT2D eigenvalue weighted by Gasteiger charge is 2.30. The molecule has 0 spiro atoms. The standard InChI is InChI=1S/C19H24N2O4/c1-2-25-17(22)12-21-11-14-8-9-15(10-16(14)19(21)24)20-18(23)13-6-4-3-5-7-13/h8-10,13H,2-7,11-12H2,1H3,(H,20,23). The number of ether oxygens (including phenoxy) is 1. The molecule has 6 nitrogen and oxygen atoms in total. The van der Waals surface area contributed by atoms with Gasteiger partial charge in [0.2, 0.25) is 5.91 Å². The first-order valence-electron chi connectivity index (χ1n) is 8.97. The summed E-state index contributed by atoms with van der Waals surface area (Å²) in [6, 6.07) is 5.37. The number of fused-ring (bicyclic) bond motifs is 1. The number of nitrogens with zero attached hydrogens (tertiary/aromatic N) is 1. The Bertz CT molecular complexity index is 680. The number of benzene rings is 1. The van der Waals surface area contributed by atoms with E-state index in [1.165, 1.54) is 11.3 Å². The second kappa shape index (κ2) is 7.68. The van der Waals surface area contributed by atoms with Crippen molar-refractivity contribution in [2.75, 3.05) is 18.5 Å². The minimum atomic E-state index is -0.408. The van der Waals surface area contributed by atoms with Crippen molar-refractivity contribution in [2.45, 2.75) is 45.6 Å². The molecule has 1 fully saturated rings. The second-order valence-electron chi connectivity index (χ2n) is 6.66. The molecule has 2 aliphatic rings. The molecule has 0 radical (unpaired) electrons. The lowest BCUT2D eigenvalue weighted by molar-refractivity contribution is -0.143. The first kappa shape index (κ1) is 17.5. The summed E-state index contributed by atoms with van der Waals surface area (Å²) in [5, 5.41) is 2.94. The van der Waals surface area contributed by atoms with E-state index in [2.05, 4.69) is 5.32 Å². The van der Waals surface area contributed by atoms with E-state index in [1.54, 1.807) is 13.0 Å². The smallest absolute Gasteiger partial charge is 0.325 e. The topological polar surface area (TPSA) is 75.7 Å². The Kier molecular flexibility index (Phi) is 5.36. The van der Waals surface area contributed by atoms with E-state index in [0.717, 1.165) is 31.2 Å². The van der Waals surface area contributed by atoms with Gasteiger partial charge < -0.3 is 15.0 Å². The third kappa shape index (κ3) is 4.00. The van der Waals surface area contributed by atoms with Gasteiger partial charge in [-0.3, -0.25) is 14.4 Å². The van der Waals surface area contributed by atoms with Gasteiger partial charge in [0.1, 0.15) is 6.54 Å². The third-order valence-corrected chi connectivity index (χ3v) is 4.86. The van der Waals surface area contributed by atoms with Gasteiger partial charge in [-0.15, -0.1) is 0 Å². The number of rotatable bonds is 5. The molecule has 0 aromatic heterocycles. The van der Waals surface area contributed by atoms with Crippen molar-refractivity contribution in [2.24, 2.45) is 5.92 Å². The zero-order valence-electron chi connectivity index (χ0n) is 14.5. The van der Waals surface area contributed by atoms with Crippen LogP contribution in [0.15, 0.2) is 18.2 Å². The zero-order valence-corrected chi connectivity index (χ0v) is 14.5. The van der Waals surface area contributed by atoms with Crippen molar-refractivity contribution in [1.29, 1.82) is 0 Å². The number of carbonyl (C=O) groups is 3. The molecule has 1 N–H and O–H groups in total. The van der Waals surface area contributed by atoms with Gasteiger partial charge in [-0.1, -0.05) is 25.3 Å². The van der Waals surface area contributed by atoms with E-state index in [9.17, 15) is 14.4 Å². The number of carbonyl (C=O) groups excluding carboxylic acids is 3. The Hall–Kier alpha value is -2.37. The third-order valence-electron chi connectivity index (χ3n) is 4.86. The number of nitrogens with one attached hydrogen (secondary N) is 1. The lowest BCUT2D eigenvalue weighted by Gasteiger charge is -2.20. The lowest BCUT2D eigenvalue weighted by atomic mass is 9.88. The minimum Gasteiger partial charge on any atom is -0.465 e. The fraction of sp³-hybridized carbons (Fsp3) is 0.526. The van der Waals surface area contributed by atoms with Gasteiger partial charge in [-0.2, -0.15) is 0 Å². The normalized spacial score (nSPS) is 17.3. The summed E-state index contributed by atoms with van der Waals surface area (Å²) in [5.74, 6) is -0.502. The van der Waals surface area contributed by atoms with Crippen LogP contribution >= 0.6 is 0 Å². The number of hydrogen-bond donors (Lipinski definition) is 1. The van der Waals surface area contributed by atoms with Crippen molar-refractivity contribution in [3.8, 4) is 0 Å². The van der Waals surface area contributed by atoms with Crippen LogP contribution in [0.25, 0.3) is 0 Å². The van der Waals surface area contributed by atoms with E-state index >= 15 is 0 Å². The molecule has 1 aromatic carbocycles. The minimum absolute atomic E-state index is 0.0356. The summed E-state index contributed by atoms with van der Waals surface area (Å²) in [4.78, 5) is 37.9. The van der Waals surface area contributed by atoms with Crippen molar-refractivity contribution in [3.05, 3.63) is 29.3 Å². The first-order valence-corrected chi connectivity index (χ1v) is 8.97. The average molecular weight is 344 g/mol. The molecule has 1 aromatic rings. The van der Waals surface area contributed by atoms with Crippen LogP contribution in [0.3, 0.4) is 0 Å². The maximum Gasteiger partial charge on any atom is 0.325 e. The van der Waals surface area contributed by atoms with Gasteiger partial charge in [-0.25, -0.2) is 0 Å². The molecule has 0 unspecified atom stereocenters. The largest absolute Gasteiger partial charge is 0.465 e. The van der Waals surface area contributed by atoms with Gasteiger partial charge >= 0.3 is 5.97 Å². The molecule has 1 saturated carbocycles. The molecule has 25 heavy (non-hydrogen) atoms. The van der Waals surface area contributed by atoms with Gasteiger partial charge in [0.25, 0.3) is 5.91 Å². The molecule has 0 atom stereocenters. The molecule has 0 bridgehead atoms. The number of amides is 2. The van der Waals surface area contributed by atoms with E-state index in [-0.39, 0.29) is 24.3 Å². The quantitative estimate of drug-likeness (QED) is 0.833. The van der Waals surface area contributed by atoms with Gasteiger partial charge in [0.05, 0.1) is 6.61 Å². The number of hydrogen-bond acceptors (Lipinski definition) is 4. The Morgan fingerprint density at radius 1 is 1.24 bits per heavy atom. The van der Waals surface area contributed by atoms with Crippen molar-refractivity contribution >= 4 is 23.5 Å². The van der Waals surface area contributed by atoms with Crippen LogP contribution in [0.2, 0.25) is 0 Å². The summed E-state index contributed by atoms with van der Waals surface area (Å²) in [7, 11) is 0. The van der Waals surface area contributed by atoms with Crippen molar-refractivity contribution in [3.63, 3.8) is 0 Å². The van der Waals surface area contributed by atoms with Crippen LogP contribution < -0.4 is 5.32 Å². The SMILES string of the molecule is CCOC(=O)CN1Cc2ccc(NC(=O)C3CCCCC3)cc2C1=O. The summed E-state index contributed by atoms with van der Waals surface area (Å²) < 4.78 is 4.90. The molecular formula is C19H24N2O4. The Balaban J connectivity index is 1.65. The fourth-order valence-corrected chi connectivity index (χ4v) is 3.54. The van der Waals surface area contributed by atoms with Crippen LogP contribution in [0.4, 0.5) is 5.69 Å². The van der Waals surface area contributed by atoms with Gasteiger partial charge in [0.15, 0.2) is 0 Å². The van der Waals surface area contributed by atoms with Crippen LogP contribution in [0.5, 0.6) is 0 Å². The molecule has 1 aliphatic carbocycles. The van der Waals surface area contributed by atoms with E-state index in [1.807, 2.05) is 12.1 Å². The van der Waals surface area contributed by atoms with Crippen LogP contribution in [-0.4, -0.2) is 35.8 Å². The first-order chi connectivity index (χ1) is 12.1. The van der Waals surface area contributed by atoms with Gasteiger partial charge in [-0.05, 0) is 37.5 Å². The number of esters is 1. The Morgan fingerprint density at radius 3 is 2.72 bits per heavy atom. The summed E-state index contributed by atoms with van der Waals surface area (Å²) >= 11 is 0. The Morgan fingerprint density at radius 2 is 2.00 bits per heavy atom. The monoisotopic (exact) mass is 344 g/mol. The average Bonchev–Trinajstić information content (AvgIpc) is 2.91. The van der Waals surface area contributed by atoms with Crippen LogP contribution in [0, 0.1) is 5.92 Å². The van der Waals surface area contributed by atoms with E-state index in [4.69, 9.17) is 4.74 Å². The molecule has 1 aliphatic heterocycles.